The Bertz CT molecular complexity index is 1940. The Kier molecular flexibility index (Phi) is 10.8. The van der Waals surface area contributed by atoms with Gasteiger partial charge in [-0.2, -0.15) is 4.57 Å². The number of thiazole rings is 1. The molecule has 0 unspecified atom stereocenters. The number of rotatable bonds is 13. The van der Waals surface area contributed by atoms with Gasteiger partial charge in [-0.15, -0.1) is 0 Å². The van der Waals surface area contributed by atoms with Gasteiger partial charge in [-0.25, -0.2) is 0 Å². The SMILES string of the molecule is CCC(=Cc1sc2ccc(-c3ccccc3)cc2[n+]1CCC[N+](C)(C)C)C=C1Sc2ccc(-c3ccccc3)cc2N1CCC[N+](C)(C)C. The maximum atomic E-state index is 2.58. The molecule has 1 aliphatic rings. The van der Waals surface area contributed by atoms with Crippen LogP contribution in [0.15, 0.2) is 119 Å². The third-order valence-corrected chi connectivity index (χ3v) is 11.3. The highest BCUT2D eigenvalue weighted by atomic mass is 32.2. The molecule has 6 rings (SSSR count). The summed E-state index contributed by atoms with van der Waals surface area (Å²) in [5, 5.41) is 2.66. The molecule has 2 heterocycles. The van der Waals surface area contributed by atoms with Crippen LogP contribution in [-0.4, -0.2) is 70.9 Å². The summed E-state index contributed by atoms with van der Waals surface area (Å²) in [6.07, 6.45) is 8.18. The molecule has 0 radical (unpaired) electrons. The number of hydrogen-bond donors (Lipinski definition) is 0. The maximum Gasteiger partial charge on any atom is 0.263 e. The fraction of sp³-hybridized carbons (Fsp3) is 0.326. The van der Waals surface area contributed by atoms with Crippen molar-refractivity contribution in [2.75, 3.05) is 66.8 Å². The van der Waals surface area contributed by atoms with Gasteiger partial charge in [0, 0.05) is 30.0 Å². The number of hydrogen-bond acceptors (Lipinski definition) is 3. The van der Waals surface area contributed by atoms with Crippen molar-refractivity contribution in [3.05, 3.63) is 119 Å². The highest BCUT2D eigenvalue weighted by molar-refractivity contribution is 8.03. The predicted octanol–water partition coefficient (Wildman–Crippen LogP) is 9.96. The number of aromatic nitrogens is 1. The fourth-order valence-corrected chi connectivity index (χ4v) is 8.76. The van der Waals surface area contributed by atoms with E-state index in [-0.39, 0.29) is 0 Å². The van der Waals surface area contributed by atoms with E-state index in [4.69, 9.17) is 0 Å². The van der Waals surface area contributed by atoms with Crippen molar-refractivity contribution in [1.82, 2.24) is 0 Å². The van der Waals surface area contributed by atoms with Crippen LogP contribution in [0.4, 0.5) is 5.69 Å². The zero-order valence-corrected chi connectivity index (χ0v) is 32.1. The first kappa shape index (κ1) is 35.2. The van der Waals surface area contributed by atoms with Crippen molar-refractivity contribution in [3.8, 4) is 22.3 Å². The number of quaternary nitrogens is 2. The Morgan fingerprint density at radius 1 is 0.714 bits per heavy atom. The minimum Gasteiger partial charge on any atom is -0.335 e. The lowest BCUT2D eigenvalue weighted by Gasteiger charge is -2.26. The molecule has 254 valence electrons. The van der Waals surface area contributed by atoms with E-state index in [1.165, 1.54) is 58.7 Å². The van der Waals surface area contributed by atoms with Gasteiger partial charge in [0.15, 0.2) is 6.54 Å². The highest BCUT2D eigenvalue weighted by Crippen LogP contribution is 2.48. The molecule has 0 spiro atoms. The average molecular weight is 690 g/mol. The van der Waals surface area contributed by atoms with Crippen molar-refractivity contribution in [1.29, 1.82) is 0 Å². The first-order valence-corrected chi connectivity index (χ1v) is 19.3. The van der Waals surface area contributed by atoms with E-state index in [1.807, 2.05) is 23.1 Å². The van der Waals surface area contributed by atoms with Crippen LogP contribution in [-0.2, 0) is 6.54 Å². The summed E-state index contributed by atoms with van der Waals surface area (Å²) < 4.78 is 5.88. The van der Waals surface area contributed by atoms with Crippen LogP contribution in [0.25, 0.3) is 38.5 Å². The van der Waals surface area contributed by atoms with Crippen LogP contribution in [0.5, 0.6) is 0 Å². The molecule has 49 heavy (non-hydrogen) atoms. The molecule has 4 aromatic carbocycles. The Labute approximate surface area is 302 Å². The number of nitrogens with zero attached hydrogens (tertiary/aromatic N) is 4. The molecule has 0 atom stereocenters. The van der Waals surface area contributed by atoms with E-state index < -0.39 is 0 Å². The molecule has 0 N–H and O–H groups in total. The monoisotopic (exact) mass is 689 g/mol. The zero-order chi connectivity index (χ0) is 34.6. The quantitative estimate of drug-likeness (QED) is 0.0898. The third-order valence-electron chi connectivity index (χ3n) is 9.12. The standard InChI is InChI=1S/C43H53N4S2/c1-8-33(29-42-44(25-15-27-46(2,3)4)38-31-36(21-23-40(38)48-42)34-17-11-9-12-18-34)30-43-45(26-16-28-47(5,6)7)39-32-37(22-24-41(39)49-43)35-19-13-10-14-20-35/h9-14,17-24,29-32H,8,15-16,25-28H2,1-7H3/q+3. The summed E-state index contributed by atoms with van der Waals surface area (Å²) in [5.74, 6) is 0. The number of benzene rings is 4. The molecule has 0 saturated heterocycles. The number of thioether (sulfide) groups is 1. The average Bonchev–Trinajstić information content (AvgIpc) is 3.60. The molecule has 0 fully saturated rings. The van der Waals surface area contributed by atoms with E-state index in [1.54, 1.807) is 0 Å². The van der Waals surface area contributed by atoms with E-state index in [9.17, 15) is 0 Å². The summed E-state index contributed by atoms with van der Waals surface area (Å²) in [6.45, 7) is 6.59. The van der Waals surface area contributed by atoms with E-state index in [0.717, 1.165) is 54.4 Å². The Morgan fingerprint density at radius 3 is 1.96 bits per heavy atom. The molecule has 5 aromatic rings. The summed E-state index contributed by atoms with van der Waals surface area (Å²) in [7, 11) is 13.7. The molecule has 1 aliphatic heterocycles. The van der Waals surface area contributed by atoms with Gasteiger partial charge in [0.25, 0.3) is 5.01 Å². The van der Waals surface area contributed by atoms with Crippen LogP contribution < -0.4 is 9.47 Å². The molecule has 1 aromatic heterocycles. The van der Waals surface area contributed by atoms with Gasteiger partial charge >= 0.3 is 0 Å². The second-order valence-corrected chi connectivity index (χ2v) is 17.4. The van der Waals surface area contributed by atoms with Crippen LogP contribution in [0.1, 0.15) is 31.2 Å². The van der Waals surface area contributed by atoms with Crippen molar-refractivity contribution in [2.45, 2.75) is 37.6 Å². The van der Waals surface area contributed by atoms with Gasteiger partial charge in [-0.3, -0.25) is 0 Å². The highest BCUT2D eigenvalue weighted by Gasteiger charge is 2.27. The largest absolute Gasteiger partial charge is 0.335 e. The van der Waals surface area contributed by atoms with Crippen molar-refractivity contribution < 1.29 is 13.5 Å². The van der Waals surface area contributed by atoms with Gasteiger partial charge in [0.1, 0.15) is 4.70 Å². The van der Waals surface area contributed by atoms with Crippen LogP contribution in [0.2, 0.25) is 0 Å². The molecule has 0 amide bonds. The van der Waals surface area contributed by atoms with E-state index >= 15 is 0 Å². The predicted molar refractivity (Wildman–Crippen MR) is 214 cm³/mol. The molecule has 6 heteroatoms. The lowest BCUT2D eigenvalue weighted by Crippen LogP contribution is -2.40. The second kappa shape index (κ2) is 15.1. The van der Waals surface area contributed by atoms with Crippen LogP contribution >= 0.6 is 23.1 Å². The van der Waals surface area contributed by atoms with E-state index in [2.05, 4.69) is 168 Å². The number of anilines is 1. The molecule has 0 bridgehead atoms. The minimum atomic E-state index is 0.975. The smallest absolute Gasteiger partial charge is 0.263 e. The number of fused-ring (bicyclic) bond motifs is 2. The lowest BCUT2D eigenvalue weighted by atomic mass is 10.0. The van der Waals surface area contributed by atoms with Gasteiger partial charge < -0.3 is 13.9 Å². The normalized spacial score (nSPS) is 14.6. The minimum absolute atomic E-state index is 0.975. The third kappa shape index (κ3) is 8.92. The molecule has 0 aliphatic carbocycles. The van der Waals surface area contributed by atoms with Crippen molar-refractivity contribution in [2.24, 2.45) is 0 Å². The first-order valence-electron chi connectivity index (χ1n) is 17.7. The van der Waals surface area contributed by atoms with Gasteiger partial charge in [0.05, 0.1) is 72.5 Å². The van der Waals surface area contributed by atoms with Gasteiger partial charge in [-0.05, 0) is 58.5 Å². The zero-order valence-electron chi connectivity index (χ0n) is 30.4. The van der Waals surface area contributed by atoms with Gasteiger partial charge in [0.2, 0.25) is 5.52 Å². The van der Waals surface area contributed by atoms with Crippen molar-refractivity contribution in [3.63, 3.8) is 0 Å². The molecular formula is C43H53N4S2+3. The van der Waals surface area contributed by atoms with Crippen LogP contribution in [0.3, 0.4) is 0 Å². The Hall–Kier alpha value is -3.68. The maximum absolute atomic E-state index is 2.58. The first-order chi connectivity index (χ1) is 23.5. The Morgan fingerprint density at radius 2 is 1.33 bits per heavy atom. The van der Waals surface area contributed by atoms with Crippen LogP contribution in [0, 0.1) is 0 Å². The Balaban J connectivity index is 1.38. The molecule has 0 saturated carbocycles. The lowest BCUT2D eigenvalue weighted by molar-refractivity contribution is -0.873. The molecular weight excluding hydrogens is 637 g/mol. The summed E-state index contributed by atoms with van der Waals surface area (Å²) in [5.41, 5.74) is 9.12. The fourth-order valence-electron chi connectivity index (χ4n) is 6.47. The second-order valence-electron chi connectivity index (χ2n) is 15.2. The number of allylic oxidation sites excluding steroid dienone is 2. The van der Waals surface area contributed by atoms with Crippen molar-refractivity contribution >= 4 is 45.1 Å². The van der Waals surface area contributed by atoms with Gasteiger partial charge in [-0.1, -0.05) is 103 Å². The number of aryl methyl sites for hydroxylation is 1. The van der Waals surface area contributed by atoms with E-state index in [0.29, 0.717) is 0 Å². The summed E-state index contributed by atoms with van der Waals surface area (Å²) in [4.78, 5) is 3.93. The molecule has 4 nitrogen and oxygen atoms in total. The summed E-state index contributed by atoms with van der Waals surface area (Å²) >= 11 is 3.84. The topological polar surface area (TPSA) is 7.12 Å². The summed E-state index contributed by atoms with van der Waals surface area (Å²) in [6, 6.07) is 35.6.